The number of benzene rings is 2. The van der Waals surface area contributed by atoms with Crippen LogP contribution < -0.4 is 15.8 Å². The number of hydrogen-bond acceptors (Lipinski definition) is 3. The van der Waals surface area contributed by atoms with Crippen LogP contribution in [0.4, 0.5) is 5.69 Å². The number of hydrogen-bond donors (Lipinski definition) is 2. The molecular formula is C18H22N2O2. The third-order valence-electron chi connectivity index (χ3n) is 3.45. The second-order valence-electron chi connectivity index (χ2n) is 5.42. The van der Waals surface area contributed by atoms with Gasteiger partial charge in [0.25, 0.3) is 5.91 Å². The van der Waals surface area contributed by atoms with Crippen LogP contribution in [-0.2, 0) is 11.3 Å². The molecule has 3 N–H and O–H groups in total. The molecule has 2 rings (SSSR count). The number of carbonyl (C=O) groups excluding carboxylic acids is 1. The Labute approximate surface area is 131 Å². The normalized spacial score (nSPS) is 11.8. The maximum atomic E-state index is 12.2. The van der Waals surface area contributed by atoms with E-state index >= 15 is 0 Å². The molecule has 1 unspecified atom stereocenters. The summed E-state index contributed by atoms with van der Waals surface area (Å²) in [5, 5.41) is 2.85. The Morgan fingerprint density at radius 2 is 2.00 bits per heavy atom. The smallest absolute Gasteiger partial charge is 0.265 e. The summed E-state index contributed by atoms with van der Waals surface area (Å²) >= 11 is 0. The number of rotatable bonds is 5. The first-order valence-corrected chi connectivity index (χ1v) is 7.33. The SMILES string of the molecule is Cc1ccc(C)c(OC(C)C(=O)Nc2cccc(CN)c2)c1. The summed E-state index contributed by atoms with van der Waals surface area (Å²) in [5.74, 6) is 0.549. The monoisotopic (exact) mass is 298 g/mol. The molecule has 0 heterocycles. The zero-order valence-corrected chi connectivity index (χ0v) is 13.2. The summed E-state index contributed by atoms with van der Waals surface area (Å²) < 4.78 is 5.78. The lowest BCUT2D eigenvalue weighted by Gasteiger charge is -2.17. The van der Waals surface area contributed by atoms with Gasteiger partial charge in [0.05, 0.1) is 0 Å². The van der Waals surface area contributed by atoms with E-state index < -0.39 is 6.10 Å². The Balaban J connectivity index is 2.04. The lowest BCUT2D eigenvalue weighted by molar-refractivity contribution is -0.122. The number of amides is 1. The van der Waals surface area contributed by atoms with Gasteiger partial charge >= 0.3 is 0 Å². The van der Waals surface area contributed by atoms with Gasteiger partial charge in [-0.15, -0.1) is 0 Å². The molecule has 2 aromatic rings. The molecule has 0 fully saturated rings. The molecule has 1 atom stereocenters. The number of aryl methyl sites for hydroxylation is 2. The van der Waals surface area contributed by atoms with E-state index in [2.05, 4.69) is 5.32 Å². The van der Waals surface area contributed by atoms with Crippen LogP contribution in [0.5, 0.6) is 5.75 Å². The van der Waals surface area contributed by atoms with Gasteiger partial charge in [-0.3, -0.25) is 4.79 Å². The van der Waals surface area contributed by atoms with Crippen LogP contribution in [0, 0.1) is 13.8 Å². The van der Waals surface area contributed by atoms with Crippen molar-refractivity contribution in [1.82, 2.24) is 0 Å². The standard InChI is InChI=1S/C18H22N2O2/c1-12-7-8-13(2)17(9-12)22-14(3)18(21)20-16-6-4-5-15(10-16)11-19/h4-10,14H,11,19H2,1-3H3,(H,20,21). The first-order chi connectivity index (χ1) is 10.5. The van der Waals surface area contributed by atoms with Crippen LogP contribution in [0.2, 0.25) is 0 Å². The van der Waals surface area contributed by atoms with Gasteiger partial charge in [0.2, 0.25) is 0 Å². The fraction of sp³-hybridized carbons (Fsp3) is 0.278. The third kappa shape index (κ3) is 4.09. The van der Waals surface area contributed by atoms with E-state index in [0.29, 0.717) is 6.54 Å². The van der Waals surface area contributed by atoms with Gasteiger partial charge in [0.15, 0.2) is 6.10 Å². The zero-order valence-electron chi connectivity index (χ0n) is 13.2. The minimum absolute atomic E-state index is 0.185. The van der Waals surface area contributed by atoms with Gasteiger partial charge in [-0.2, -0.15) is 0 Å². The van der Waals surface area contributed by atoms with Crippen molar-refractivity contribution in [3.63, 3.8) is 0 Å². The van der Waals surface area contributed by atoms with E-state index in [1.54, 1.807) is 6.92 Å². The molecule has 0 aliphatic carbocycles. The van der Waals surface area contributed by atoms with Gasteiger partial charge in [-0.05, 0) is 55.7 Å². The van der Waals surface area contributed by atoms with E-state index in [0.717, 1.165) is 28.1 Å². The van der Waals surface area contributed by atoms with Crippen molar-refractivity contribution in [3.05, 3.63) is 59.2 Å². The highest BCUT2D eigenvalue weighted by atomic mass is 16.5. The van der Waals surface area contributed by atoms with Crippen molar-refractivity contribution in [1.29, 1.82) is 0 Å². The quantitative estimate of drug-likeness (QED) is 0.891. The summed E-state index contributed by atoms with van der Waals surface area (Å²) in [5.41, 5.74) is 9.41. The van der Waals surface area contributed by atoms with E-state index in [-0.39, 0.29) is 5.91 Å². The summed E-state index contributed by atoms with van der Waals surface area (Å²) in [7, 11) is 0. The maximum Gasteiger partial charge on any atom is 0.265 e. The molecule has 0 aliphatic rings. The van der Waals surface area contributed by atoms with E-state index in [9.17, 15) is 4.79 Å². The van der Waals surface area contributed by atoms with Gasteiger partial charge in [-0.25, -0.2) is 0 Å². The first kappa shape index (κ1) is 16.0. The fourth-order valence-electron chi connectivity index (χ4n) is 2.10. The van der Waals surface area contributed by atoms with Crippen molar-refractivity contribution in [2.24, 2.45) is 5.73 Å². The molecule has 0 aliphatic heterocycles. The van der Waals surface area contributed by atoms with Crippen molar-refractivity contribution < 1.29 is 9.53 Å². The topological polar surface area (TPSA) is 64.3 Å². The summed E-state index contributed by atoms with van der Waals surface area (Å²) in [4.78, 5) is 12.2. The van der Waals surface area contributed by atoms with Crippen LogP contribution in [0.3, 0.4) is 0 Å². The Hall–Kier alpha value is -2.33. The van der Waals surface area contributed by atoms with Crippen molar-refractivity contribution >= 4 is 11.6 Å². The van der Waals surface area contributed by atoms with Crippen LogP contribution >= 0.6 is 0 Å². The second kappa shape index (κ2) is 7.09. The average Bonchev–Trinajstić information content (AvgIpc) is 2.51. The zero-order chi connectivity index (χ0) is 16.1. The molecule has 1 amide bonds. The Morgan fingerprint density at radius 1 is 1.23 bits per heavy atom. The molecule has 0 saturated heterocycles. The summed E-state index contributed by atoms with van der Waals surface area (Å²) in [6.07, 6.45) is -0.581. The van der Waals surface area contributed by atoms with Gasteiger partial charge < -0.3 is 15.8 Å². The second-order valence-corrected chi connectivity index (χ2v) is 5.42. The van der Waals surface area contributed by atoms with Crippen LogP contribution in [0.15, 0.2) is 42.5 Å². The van der Waals surface area contributed by atoms with Crippen molar-refractivity contribution in [3.8, 4) is 5.75 Å². The van der Waals surface area contributed by atoms with E-state index in [1.165, 1.54) is 0 Å². The fourth-order valence-corrected chi connectivity index (χ4v) is 2.10. The number of anilines is 1. The average molecular weight is 298 g/mol. The summed E-state index contributed by atoms with van der Waals surface area (Å²) in [6, 6.07) is 13.4. The number of ether oxygens (including phenoxy) is 1. The number of carbonyl (C=O) groups is 1. The third-order valence-corrected chi connectivity index (χ3v) is 3.45. The van der Waals surface area contributed by atoms with Crippen molar-refractivity contribution in [2.75, 3.05) is 5.32 Å². The van der Waals surface area contributed by atoms with Gasteiger partial charge in [0.1, 0.15) is 5.75 Å². The maximum absolute atomic E-state index is 12.2. The number of nitrogens with one attached hydrogen (secondary N) is 1. The Bertz CT molecular complexity index is 668. The molecule has 4 nitrogen and oxygen atoms in total. The highest BCUT2D eigenvalue weighted by molar-refractivity contribution is 5.94. The van der Waals surface area contributed by atoms with E-state index in [1.807, 2.05) is 56.3 Å². The first-order valence-electron chi connectivity index (χ1n) is 7.33. The summed E-state index contributed by atoms with van der Waals surface area (Å²) in [6.45, 7) is 6.14. The molecular weight excluding hydrogens is 276 g/mol. The van der Waals surface area contributed by atoms with Crippen LogP contribution in [0.25, 0.3) is 0 Å². The molecule has 0 spiro atoms. The number of nitrogens with two attached hydrogens (primary N) is 1. The lowest BCUT2D eigenvalue weighted by atomic mass is 10.1. The van der Waals surface area contributed by atoms with Gasteiger partial charge in [-0.1, -0.05) is 24.3 Å². The van der Waals surface area contributed by atoms with Crippen LogP contribution in [0.1, 0.15) is 23.6 Å². The minimum atomic E-state index is -0.581. The van der Waals surface area contributed by atoms with Crippen LogP contribution in [-0.4, -0.2) is 12.0 Å². The molecule has 0 radical (unpaired) electrons. The molecule has 0 bridgehead atoms. The molecule has 0 aromatic heterocycles. The molecule has 0 saturated carbocycles. The molecule has 116 valence electrons. The predicted molar refractivity (Wildman–Crippen MR) is 89.0 cm³/mol. The largest absolute Gasteiger partial charge is 0.481 e. The molecule has 22 heavy (non-hydrogen) atoms. The molecule has 4 heteroatoms. The van der Waals surface area contributed by atoms with Gasteiger partial charge in [0, 0.05) is 12.2 Å². The van der Waals surface area contributed by atoms with Crippen molar-refractivity contribution in [2.45, 2.75) is 33.4 Å². The lowest BCUT2D eigenvalue weighted by Crippen LogP contribution is -2.30. The van der Waals surface area contributed by atoms with E-state index in [4.69, 9.17) is 10.5 Å². The Morgan fingerprint density at radius 3 is 2.73 bits per heavy atom. The predicted octanol–water partition coefficient (Wildman–Crippen LogP) is 3.17. The Kier molecular flexibility index (Phi) is 5.17. The highest BCUT2D eigenvalue weighted by Crippen LogP contribution is 2.21. The highest BCUT2D eigenvalue weighted by Gasteiger charge is 2.16. The molecule has 2 aromatic carbocycles. The minimum Gasteiger partial charge on any atom is -0.481 e.